The Morgan fingerprint density at radius 2 is 0.463 bits per heavy atom. The van der Waals surface area contributed by atoms with E-state index in [4.69, 9.17) is 9.60 Å². The summed E-state index contributed by atoms with van der Waals surface area (Å²) in [6, 6.07) is 60.2. The van der Waals surface area contributed by atoms with Crippen LogP contribution in [0.15, 0.2) is 182 Å². The van der Waals surface area contributed by atoms with E-state index in [1.54, 1.807) is 6.92 Å². The average Bonchev–Trinajstić information content (AvgIpc) is 0.778. The van der Waals surface area contributed by atoms with Gasteiger partial charge in [-0.1, -0.05) is 269 Å². The van der Waals surface area contributed by atoms with Gasteiger partial charge in [0.25, 0.3) is 0 Å². The van der Waals surface area contributed by atoms with Crippen LogP contribution in [0.25, 0.3) is 89.3 Å². The lowest BCUT2D eigenvalue weighted by Gasteiger charge is -2.19. The van der Waals surface area contributed by atoms with E-state index in [0.717, 1.165) is 118 Å². The van der Waals surface area contributed by atoms with Gasteiger partial charge in [0.05, 0.1) is 46.6 Å². The highest BCUT2D eigenvalue weighted by Gasteiger charge is 2.20. The molecule has 0 amide bonds. The summed E-state index contributed by atoms with van der Waals surface area (Å²) in [6.07, 6.45) is 3.36. The molecule has 6 nitrogen and oxygen atoms in total. The first-order valence-corrected chi connectivity index (χ1v) is 38.6. The van der Waals surface area contributed by atoms with Crippen molar-refractivity contribution < 1.29 is 9.60 Å². The van der Waals surface area contributed by atoms with Crippen molar-refractivity contribution in [1.29, 1.82) is 0 Å². The summed E-state index contributed by atoms with van der Waals surface area (Å²) in [7, 11) is 0. The molecule has 0 bridgehead atoms. The summed E-state index contributed by atoms with van der Waals surface area (Å²) >= 11 is 0. The molecular weight excluding hydrogens is 1310 g/mol. The Morgan fingerprint density at radius 1 is 0.231 bits per heavy atom. The van der Waals surface area contributed by atoms with E-state index in [2.05, 4.69) is 233 Å². The van der Waals surface area contributed by atoms with Crippen LogP contribution in [0.1, 0.15) is 280 Å². The highest BCUT2D eigenvalue weighted by atomic mass is 14.8. The topological polar surface area (TPSA) is 77.3 Å². The van der Waals surface area contributed by atoms with Gasteiger partial charge in [0, 0.05) is 54.6 Å². The second-order valence-electron chi connectivity index (χ2n) is 31.7. The summed E-state index contributed by atoms with van der Waals surface area (Å²) in [6.45, 7) is 53.5. The summed E-state index contributed by atoms with van der Waals surface area (Å²) < 4.78 is 57.0. The van der Waals surface area contributed by atoms with Crippen LogP contribution < -0.4 is 0 Å². The van der Waals surface area contributed by atoms with Gasteiger partial charge in [-0.3, -0.25) is 19.9 Å². The highest BCUT2D eigenvalue weighted by Crippen LogP contribution is 2.40. The second kappa shape index (κ2) is 36.0. The van der Waals surface area contributed by atoms with Crippen molar-refractivity contribution in [2.45, 2.75) is 241 Å². The molecule has 8 aromatic carbocycles. The second-order valence-corrected chi connectivity index (χ2v) is 31.7. The van der Waals surface area contributed by atoms with E-state index in [9.17, 15) is 0 Å². The summed E-state index contributed by atoms with van der Waals surface area (Å²) in [5.74, 6) is -0.892. The molecule has 0 atom stereocenters. The Bertz CT molecular complexity index is 5300. The predicted molar refractivity (Wildman–Crippen MR) is 466 cm³/mol. The van der Waals surface area contributed by atoms with Gasteiger partial charge in [0.2, 0.25) is 0 Å². The molecule has 560 valence electrons. The van der Waals surface area contributed by atoms with E-state index in [0.29, 0.717) is 35.1 Å². The monoisotopic (exact) mass is 1440 g/mol. The zero-order chi connectivity index (χ0) is 85.0. The maximum absolute atomic E-state index is 8.59. The third-order valence-corrected chi connectivity index (χ3v) is 21.1. The zero-order valence-corrected chi connectivity index (χ0v) is 69.8. The van der Waals surface area contributed by atoms with Gasteiger partial charge in [-0.05, 0) is 265 Å². The standard InChI is InChI=1S/2C26H31N.2C25H30N2/c2*1-16(2)25-14-23(15-26(17(3)4)19(25)6)21-9-11-22(12-10-21)24-13-8-18(5)27-20(24)7;2*1-15(2)23-12-22(13-24(16(3)4)17(23)5)20-8-10-21(11-9-20)25-14-26-18(6)19(7)27-25/h2*8-17H,1-7H3;2*8-16H,1-7H3/i16D,17D;;6D3,15D,16D;. The minimum atomic E-state index is -2.28. The van der Waals surface area contributed by atoms with Gasteiger partial charge in [-0.15, -0.1) is 0 Å². The normalized spacial score (nSPS) is 12.9. The van der Waals surface area contributed by atoms with E-state index >= 15 is 0 Å². The van der Waals surface area contributed by atoms with Crippen molar-refractivity contribution in [2.24, 2.45) is 0 Å². The molecule has 0 spiro atoms. The molecular formula is C102H122N6. The van der Waals surface area contributed by atoms with Crippen molar-refractivity contribution >= 4 is 0 Å². The molecule has 0 saturated carbocycles. The van der Waals surface area contributed by atoms with E-state index in [1.807, 2.05) is 153 Å². The number of hydrogen-bond donors (Lipinski definition) is 0. The lowest BCUT2D eigenvalue weighted by molar-refractivity contribution is 0.818. The third-order valence-electron chi connectivity index (χ3n) is 21.1. The van der Waals surface area contributed by atoms with Gasteiger partial charge in [0.15, 0.2) is 0 Å². The minimum absolute atomic E-state index is 0.0219. The molecule has 4 aromatic heterocycles. The zero-order valence-electron chi connectivity index (χ0n) is 76.8. The first kappa shape index (κ1) is 72.4. The maximum Gasteiger partial charge on any atom is 0.0888 e. The van der Waals surface area contributed by atoms with Crippen LogP contribution in [-0.2, 0) is 0 Å². The largest absolute Gasteiger partial charge is 0.258 e. The smallest absolute Gasteiger partial charge is 0.0888 e. The molecule has 6 heteroatoms. The minimum Gasteiger partial charge on any atom is -0.258 e. The molecule has 4 heterocycles. The number of hydrogen-bond acceptors (Lipinski definition) is 6. The van der Waals surface area contributed by atoms with Gasteiger partial charge < -0.3 is 0 Å². The van der Waals surface area contributed by atoms with Crippen LogP contribution in [0.4, 0.5) is 0 Å². The number of pyridine rings is 2. The van der Waals surface area contributed by atoms with Crippen molar-refractivity contribution in [1.82, 2.24) is 29.9 Å². The molecule has 12 aromatic rings. The average molecular weight is 1440 g/mol. The molecule has 12 rings (SSSR count). The maximum atomic E-state index is 8.59. The van der Waals surface area contributed by atoms with Crippen LogP contribution in [0, 0.1) is 83.0 Å². The lowest BCUT2D eigenvalue weighted by Crippen LogP contribution is -2.00. The van der Waals surface area contributed by atoms with Crippen LogP contribution in [0.2, 0.25) is 0 Å². The fourth-order valence-corrected chi connectivity index (χ4v) is 14.7. The molecule has 0 aliphatic carbocycles. The number of aromatic nitrogens is 6. The van der Waals surface area contributed by atoms with E-state index in [-0.39, 0.29) is 5.69 Å². The van der Waals surface area contributed by atoms with Gasteiger partial charge in [-0.2, -0.15) is 0 Å². The Balaban J connectivity index is 0.000000176. The fraction of sp³-hybridized carbons (Fsp3) is 0.353. The summed E-state index contributed by atoms with van der Waals surface area (Å²) in [5.41, 5.74) is 38.6. The number of rotatable bonds is 16. The Hall–Kier alpha value is -9.78. The Kier molecular flexibility index (Phi) is 24.1. The first-order valence-electron chi connectivity index (χ1n) is 42.1. The summed E-state index contributed by atoms with van der Waals surface area (Å²) in [4.78, 5) is 26.9. The molecule has 0 saturated heterocycles. The first-order chi connectivity index (χ1) is 53.5. The van der Waals surface area contributed by atoms with Crippen molar-refractivity contribution in [3.63, 3.8) is 0 Å². The molecule has 0 fully saturated rings. The molecule has 0 N–H and O–H groups in total. The van der Waals surface area contributed by atoms with Gasteiger partial charge in [-0.25, -0.2) is 9.97 Å². The molecule has 0 radical (unpaired) electrons. The van der Waals surface area contributed by atoms with E-state index in [1.165, 1.54) is 73.0 Å². The molecule has 0 aliphatic heterocycles. The molecule has 0 aliphatic rings. The number of nitrogens with zero attached hydrogens (tertiary/aromatic N) is 6. The number of benzene rings is 8. The van der Waals surface area contributed by atoms with Crippen LogP contribution in [-0.4, -0.2) is 29.9 Å². The van der Waals surface area contributed by atoms with Crippen molar-refractivity contribution in [2.75, 3.05) is 0 Å². The number of aryl methyl sites for hydroxylation is 8. The fourth-order valence-electron chi connectivity index (χ4n) is 14.7. The van der Waals surface area contributed by atoms with Crippen LogP contribution >= 0.6 is 0 Å². The lowest BCUT2D eigenvalue weighted by atomic mass is 9.86. The predicted octanol–water partition coefficient (Wildman–Crippen LogP) is 29.1. The summed E-state index contributed by atoms with van der Waals surface area (Å²) in [5, 5.41) is 0. The molecule has 108 heavy (non-hydrogen) atoms. The van der Waals surface area contributed by atoms with Gasteiger partial charge >= 0.3 is 0 Å². The van der Waals surface area contributed by atoms with E-state index < -0.39 is 30.4 Å². The quantitative estimate of drug-likeness (QED) is 0.0959. The van der Waals surface area contributed by atoms with Gasteiger partial charge in [0.1, 0.15) is 0 Å². The van der Waals surface area contributed by atoms with Crippen molar-refractivity contribution in [3.8, 4) is 89.3 Å². The SMILES string of the molecule is Cc1ccc(-c2ccc(-c3cc(C(C)C)c(C)c(C(C)C)c3)cc2)c(C)n1.Cc1ncc(-c2ccc(-c3cc(C(C)C)c(C)c(C(C)C)c3)cc2)nc1C.[2H]C(C)(C)c1cc(-c2ccc(-c3ccc(C)nc3C)cc2)cc(C([2H])(C)C)c1C.[2H]C([2H])([2H])c1ncc(-c2ccc(-c3cc(C([2H])(C)C)c(C)c(C([2H])(C)C)c3)cc2)nc1C. The van der Waals surface area contributed by atoms with Crippen LogP contribution in [0.5, 0.6) is 0 Å². The Morgan fingerprint density at radius 3 is 0.694 bits per heavy atom. The van der Waals surface area contributed by atoms with Crippen LogP contribution in [0.3, 0.4) is 0 Å². The molecule has 0 unspecified atom stereocenters. The third kappa shape index (κ3) is 19.7. The van der Waals surface area contributed by atoms with Crippen molar-refractivity contribution in [3.05, 3.63) is 295 Å². The highest BCUT2D eigenvalue weighted by molar-refractivity contribution is 5.77. The Labute approximate surface area is 660 Å².